The maximum Gasteiger partial charge on any atom is 0.0670 e. The van der Waals surface area contributed by atoms with Gasteiger partial charge in [0.15, 0.2) is 0 Å². The van der Waals surface area contributed by atoms with Gasteiger partial charge in [0.2, 0.25) is 0 Å². The van der Waals surface area contributed by atoms with Crippen LogP contribution in [-0.4, -0.2) is 48.8 Å². The molecule has 2 aliphatic rings. The number of hydrogen-bond donors (Lipinski definition) is 1. The van der Waals surface area contributed by atoms with Crippen LogP contribution in [0.4, 0.5) is 0 Å². The van der Waals surface area contributed by atoms with Crippen molar-refractivity contribution in [3.05, 3.63) is 0 Å². The molecule has 0 aromatic heterocycles. The number of rotatable bonds is 3. The molecule has 1 N–H and O–H groups in total. The second-order valence-electron chi connectivity index (χ2n) is 6.60. The van der Waals surface area contributed by atoms with Crippen molar-refractivity contribution in [2.24, 2.45) is 0 Å². The van der Waals surface area contributed by atoms with Crippen LogP contribution in [0, 0.1) is 0 Å². The predicted molar refractivity (Wildman–Crippen MR) is 71.3 cm³/mol. The molecule has 1 heterocycles. The SMILES string of the molecule is COC(C)CN1CC(C)(C)NCC12CCCC2. The lowest BCUT2D eigenvalue weighted by Crippen LogP contribution is -2.68. The Morgan fingerprint density at radius 1 is 1.29 bits per heavy atom. The van der Waals surface area contributed by atoms with E-state index in [0.29, 0.717) is 11.6 Å². The maximum atomic E-state index is 5.46. The van der Waals surface area contributed by atoms with Crippen LogP contribution in [-0.2, 0) is 4.74 Å². The van der Waals surface area contributed by atoms with Crippen LogP contribution in [0.1, 0.15) is 46.5 Å². The van der Waals surface area contributed by atoms with Crippen LogP contribution in [0.25, 0.3) is 0 Å². The average molecular weight is 240 g/mol. The van der Waals surface area contributed by atoms with E-state index < -0.39 is 0 Å². The van der Waals surface area contributed by atoms with E-state index in [0.717, 1.165) is 19.6 Å². The summed E-state index contributed by atoms with van der Waals surface area (Å²) in [4.78, 5) is 2.70. The van der Waals surface area contributed by atoms with Crippen molar-refractivity contribution in [1.29, 1.82) is 0 Å². The molecule has 1 aliphatic heterocycles. The van der Waals surface area contributed by atoms with Crippen LogP contribution in [0.2, 0.25) is 0 Å². The smallest absolute Gasteiger partial charge is 0.0670 e. The first-order chi connectivity index (χ1) is 7.97. The minimum Gasteiger partial charge on any atom is -0.380 e. The first-order valence-electron chi connectivity index (χ1n) is 7.00. The topological polar surface area (TPSA) is 24.5 Å². The number of nitrogens with one attached hydrogen (secondary N) is 1. The van der Waals surface area contributed by atoms with E-state index in [-0.39, 0.29) is 5.54 Å². The van der Waals surface area contributed by atoms with Crippen LogP contribution < -0.4 is 5.32 Å². The summed E-state index contributed by atoms with van der Waals surface area (Å²) in [6, 6.07) is 0. The lowest BCUT2D eigenvalue weighted by atomic mass is 9.87. The van der Waals surface area contributed by atoms with Gasteiger partial charge in [-0.05, 0) is 33.6 Å². The third-order valence-electron chi connectivity index (χ3n) is 4.57. The minimum atomic E-state index is 0.237. The molecule has 100 valence electrons. The summed E-state index contributed by atoms with van der Waals surface area (Å²) in [7, 11) is 1.82. The highest BCUT2D eigenvalue weighted by molar-refractivity contribution is 5.04. The Morgan fingerprint density at radius 2 is 1.94 bits per heavy atom. The van der Waals surface area contributed by atoms with Gasteiger partial charge in [-0.15, -0.1) is 0 Å². The number of hydrogen-bond acceptors (Lipinski definition) is 3. The van der Waals surface area contributed by atoms with E-state index >= 15 is 0 Å². The molecule has 1 aliphatic carbocycles. The molecule has 0 amide bonds. The Labute approximate surface area is 106 Å². The third-order valence-corrected chi connectivity index (χ3v) is 4.57. The van der Waals surface area contributed by atoms with Gasteiger partial charge in [-0.25, -0.2) is 0 Å². The van der Waals surface area contributed by atoms with Crippen molar-refractivity contribution in [3.8, 4) is 0 Å². The molecule has 1 unspecified atom stereocenters. The Kier molecular flexibility index (Phi) is 3.81. The molecule has 0 aromatic carbocycles. The van der Waals surface area contributed by atoms with Crippen molar-refractivity contribution < 1.29 is 4.74 Å². The first-order valence-corrected chi connectivity index (χ1v) is 7.00. The van der Waals surface area contributed by atoms with E-state index in [2.05, 4.69) is 31.0 Å². The number of ether oxygens (including phenoxy) is 1. The summed E-state index contributed by atoms with van der Waals surface area (Å²) in [5, 5.41) is 3.73. The molecule has 0 bridgehead atoms. The normalized spacial score (nSPS) is 29.6. The van der Waals surface area contributed by atoms with Crippen molar-refractivity contribution in [2.45, 2.75) is 63.6 Å². The standard InChI is InChI=1S/C14H28N2O/c1-12(17-4)9-16-11-13(2,3)15-10-14(16)7-5-6-8-14/h12,15H,5-11H2,1-4H3. The Hall–Kier alpha value is -0.120. The van der Waals surface area contributed by atoms with Crippen molar-refractivity contribution in [2.75, 3.05) is 26.7 Å². The summed E-state index contributed by atoms with van der Waals surface area (Å²) < 4.78 is 5.46. The monoisotopic (exact) mass is 240 g/mol. The lowest BCUT2D eigenvalue weighted by molar-refractivity contribution is -0.0201. The van der Waals surface area contributed by atoms with E-state index in [4.69, 9.17) is 4.74 Å². The van der Waals surface area contributed by atoms with Crippen LogP contribution in [0.5, 0.6) is 0 Å². The van der Waals surface area contributed by atoms with Crippen LogP contribution >= 0.6 is 0 Å². The molecular weight excluding hydrogens is 212 g/mol. The molecule has 1 atom stereocenters. The maximum absolute atomic E-state index is 5.46. The number of piperazine rings is 1. The number of methoxy groups -OCH3 is 1. The molecule has 2 fully saturated rings. The van der Waals surface area contributed by atoms with Crippen LogP contribution in [0.15, 0.2) is 0 Å². The fraction of sp³-hybridized carbons (Fsp3) is 1.00. The minimum absolute atomic E-state index is 0.237. The molecule has 0 aromatic rings. The van der Waals surface area contributed by atoms with Crippen molar-refractivity contribution >= 4 is 0 Å². The van der Waals surface area contributed by atoms with E-state index in [9.17, 15) is 0 Å². The summed E-state index contributed by atoms with van der Waals surface area (Å²) in [6.07, 6.45) is 5.82. The molecule has 3 heteroatoms. The number of nitrogens with zero attached hydrogens (tertiary/aromatic N) is 1. The van der Waals surface area contributed by atoms with Gasteiger partial charge in [0, 0.05) is 37.8 Å². The van der Waals surface area contributed by atoms with Gasteiger partial charge in [-0.3, -0.25) is 4.90 Å². The second-order valence-corrected chi connectivity index (χ2v) is 6.60. The fourth-order valence-corrected chi connectivity index (χ4v) is 3.39. The summed E-state index contributed by atoms with van der Waals surface area (Å²) >= 11 is 0. The zero-order chi connectivity index (χ0) is 12.5. The quantitative estimate of drug-likeness (QED) is 0.817. The molecule has 2 rings (SSSR count). The molecule has 1 saturated heterocycles. The zero-order valence-electron chi connectivity index (χ0n) is 11.9. The van der Waals surface area contributed by atoms with E-state index in [1.54, 1.807) is 0 Å². The summed E-state index contributed by atoms with van der Waals surface area (Å²) in [5.74, 6) is 0. The largest absolute Gasteiger partial charge is 0.380 e. The summed E-state index contributed by atoms with van der Waals surface area (Å²) in [5.41, 5.74) is 0.656. The molecule has 0 radical (unpaired) electrons. The van der Waals surface area contributed by atoms with Gasteiger partial charge in [0.05, 0.1) is 6.10 Å². The molecule has 1 spiro atoms. The molecule has 17 heavy (non-hydrogen) atoms. The fourth-order valence-electron chi connectivity index (χ4n) is 3.39. The lowest BCUT2D eigenvalue weighted by Gasteiger charge is -2.52. The second kappa shape index (κ2) is 4.87. The first kappa shape index (κ1) is 13.3. The van der Waals surface area contributed by atoms with Gasteiger partial charge in [-0.1, -0.05) is 12.8 Å². The zero-order valence-corrected chi connectivity index (χ0v) is 11.9. The van der Waals surface area contributed by atoms with Gasteiger partial charge >= 0.3 is 0 Å². The molecule has 1 saturated carbocycles. The highest BCUT2D eigenvalue weighted by Crippen LogP contribution is 2.38. The van der Waals surface area contributed by atoms with Crippen molar-refractivity contribution in [1.82, 2.24) is 10.2 Å². The molecular formula is C14H28N2O. The average Bonchev–Trinajstić information content (AvgIpc) is 2.73. The van der Waals surface area contributed by atoms with E-state index in [1.807, 2.05) is 7.11 Å². The summed E-state index contributed by atoms with van der Waals surface area (Å²) in [6.45, 7) is 10.1. The Morgan fingerprint density at radius 3 is 2.53 bits per heavy atom. The third kappa shape index (κ3) is 2.83. The van der Waals surface area contributed by atoms with Gasteiger partial charge in [0.1, 0.15) is 0 Å². The van der Waals surface area contributed by atoms with Gasteiger partial charge < -0.3 is 10.1 Å². The van der Waals surface area contributed by atoms with Crippen molar-refractivity contribution in [3.63, 3.8) is 0 Å². The Bertz CT molecular complexity index is 259. The molecule has 3 nitrogen and oxygen atoms in total. The van der Waals surface area contributed by atoms with E-state index in [1.165, 1.54) is 25.7 Å². The highest BCUT2D eigenvalue weighted by atomic mass is 16.5. The van der Waals surface area contributed by atoms with Gasteiger partial charge in [0.25, 0.3) is 0 Å². The van der Waals surface area contributed by atoms with Gasteiger partial charge in [-0.2, -0.15) is 0 Å². The highest BCUT2D eigenvalue weighted by Gasteiger charge is 2.45. The van der Waals surface area contributed by atoms with Crippen LogP contribution in [0.3, 0.4) is 0 Å². The Balaban J connectivity index is 2.09. The predicted octanol–water partition coefficient (Wildman–Crippen LogP) is 2.02.